The monoisotopic (exact) mass is 364 g/mol. The van der Waals surface area contributed by atoms with E-state index in [1.807, 2.05) is 13.8 Å². The Hall–Kier alpha value is -2.81. The molecule has 0 aromatic heterocycles. The quantitative estimate of drug-likeness (QED) is 0.524. The van der Waals surface area contributed by atoms with Gasteiger partial charge in [-0.3, -0.25) is 9.59 Å². The van der Waals surface area contributed by atoms with Crippen molar-refractivity contribution in [2.24, 2.45) is 5.73 Å². The molecular weight excluding hydrogens is 340 g/mol. The van der Waals surface area contributed by atoms with E-state index in [0.717, 1.165) is 0 Å². The lowest BCUT2D eigenvalue weighted by Gasteiger charge is -2.36. The predicted molar refractivity (Wildman–Crippen MR) is 94.7 cm³/mol. The molecule has 0 spiro atoms. The Kier molecular flexibility index (Phi) is 5.71. The van der Waals surface area contributed by atoms with Gasteiger partial charge in [0.1, 0.15) is 11.4 Å². The summed E-state index contributed by atoms with van der Waals surface area (Å²) in [6.07, 6.45) is 0.0910. The Bertz CT molecular complexity index is 711. The minimum absolute atomic E-state index is 0.0393. The van der Waals surface area contributed by atoms with Crippen LogP contribution < -0.4 is 16.4 Å². The Labute approximate surface area is 151 Å². The SMILES string of the molecule is CC(C)NC(=O)Nc1ccc(C(=O)N2CCC(O)(C(N)=O)CC2)c(O)c1. The summed E-state index contributed by atoms with van der Waals surface area (Å²) in [6, 6.07) is 3.76. The molecule has 1 saturated heterocycles. The number of hydrogen-bond donors (Lipinski definition) is 5. The number of benzene rings is 1. The third kappa shape index (κ3) is 4.42. The van der Waals surface area contributed by atoms with Gasteiger partial charge in [-0.1, -0.05) is 0 Å². The summed E-state index contributed by atoms with van der Waals surface area (Å²) in [7, 11) is 0. The lowest BCUT2D eigenvalue weighted by molar-refractivity contribution is -0.140. The number of amides is 4. The highest BCUT2D eigenvalue weighted by molar-refractivity contribution is 5.98. The van der Waals surface area contributed by atoms with Crippen molar-refractivity contribution < 1.29 is 24.6 Å². The molecular formula is C17H24N4O5. The number of phenolic OH excluding ortho intramolecular Hbond substituents is 1. The maximum Gasteiger partial charge on any atom is 0.319 e. The van der Waals surface area contributed by atoms with Crippen LogP contribution >= 0.6 is 0 Å². The second kappa shape index (κ2) is 7.61. The number of nitrogens with zero attached hydrogens (tertiary/aromatic N) is 1. The van der Waals surface area contributed by atoms with E-state index < -0.39 is 23.4 Å². The first-order valence-corrected chi connectivity index (χ1v) is 8.34. The first-order valence-electron chi connectivity index (χ1n) is 8.34. The minimum Gasteiger partial charge on any atom is -0.507 e. The molecule has 0 unspecified atom stereocenters. The molecule has 1 aromatic carbocycles. The van der Waals surface area contributed by atoms with E-state index in [9.17, 15) is 24.6 Å². The lowest BCUT2D eigenvalue weighted by atomic mass is 9.90. The molecule has 0 aliphatic carbocycles. The number of urea groups is 1. The second-order valence-corrected chi connectivity index (χ2v) is 6.67. The number of primary amides is 1. The molecule has 0 bridgehead atoms. The number of piperidine rings is 1. The van der Waals surface area contributed by atoms with Crippen LogP contribution in [-0.2, 0) is 4.79 Å². The maximum atomic E-state index is 12.5. The van der Waals surface area contributed by atoms with E-state index in [-0.39, 0.29) is 43.3 Å². The molecule has 1 heterocycles. The molecule has 9 nitrogen and oxygen atoms in total. The number of nitrogens with one attached hydrogen (secondary N) is 2. The van der Waals surface area contributed by atoms with Crippen molar-refractivity contribution in [1.82, 2.24) is 10.2 Å². The predicted octanol–water partition coefficient (Wildman–Crippen LogP) is 0.374. The van der Waals surface area contributed by atoms with Crippen molar-refractivity contribution in [2.75, 3.05) is 18.4 Å². The van der Waals surface area contributed by atoms with Gasteiger partial charge < -0.3 is 31.5 Å². The maximum absolute atomic E-state index is 12.5. The first-order chi connectivity index (χ1) is 12.1. The van der Waals surface area contributed by atoms with Crippen molar-refractivity contribution in [3.05, 3.63) is 23.8 Å². The Morgan fingerprint density at radius 3 is 2.35 bits per heavy atom. The summed E-state index contributed by atoms with van der Waals surface area (Å²) >= 11 is 0. The molecule has 1 fully saturated rings. The highest BCUT2D eigenvalue weighted by atomic mass is 16.3. The zero-order valence-electron chi connectivity index (χ0n) is 14.8. The molecule has 4 amide bonds. The van der Waals surface area contributed by atoms with Gasteiger partial charge in [0.15, 0.2) is 0 Å². The van der Waals surface area contributed by atoms with Crippen LogP contribution in [0.25, 0.3) is 0 Å². The fourth-order valence-electron chi connectivity index (χ4n) is 2.72. The van der Waals surface area contributed by atoms with E-state index in [1.165, 1.54) is 23.1 Å². The highest BCUT2D eigenvalue weighted by Crippen LogP contribution is 2.27. The van der Waals surface area contributed by atoms with Crippen molar-refractivity contribution in [3.8, 4) is 5.75 Å². The van der Waals surface area contributed by atoms with Crippen LogP contribution in [0.5, 0.6) is 5.75 Å². The number of carbonyl (C=O) groups excluding carboxylic acids is 3. The zero-order valence-corrected chi connectivity index (χ0v) is 14.8. The number of hydrogen-bond acceptors (Lipinski definition) is 5. The summed E-state index contributed by atoms with van der Waals surface area (Å²) in [4.78, 5) is 36.9. The average molecular weight is 364 g/mol. The number of rotatable bonds is 4. The number of phenols is 1. The molecule has 2 rings (SSSR count). The molecule has 0 atom stereocenters. The van der Waals surface area contributed by atoms with Crippen LogP contribution in [0.4, 0.5) is 10.5 Å². The minimum atomic E-state index is -1.60. The summed E-state index contributed by atoms with van der Waals surface area (Å²) in [5.74, 6) is -1.50. The smallest absolute Gasteiger partial charge is 0.319 e. The van der Waals surface area contributed by atoms with Gasteiger partial charge >= 0.3 is 6.03 Å². The third-order valence-corrected chi connectivity index (χ3v) is 4.24. The molecule has 1 aliphatic rings. The number of aliphatic hydroxyl groups is 1. The fourth-order valence-corrected chi connectivity index (χ4v) is 2.72. The van der Waals surface area contributed by atoms with Crippen molar-refractivity contribution >= 4 is 23.5 Å². The summed E-state index contributed by atoms with van der Waals surface area (Å²) in [5.41, 5.74) is 3.99. The molecule has 0 radical (unpaired) electrons. The van der Waals surface area contributed by atoms with Gasteiger partial charge in [0, 0.05) is 43.7 Å². The molecule has 0 saturated carbocycles. The van der Waals surface area contributed by atoms with Gasteiger partial charge in [-0.25, -0.2) is 4.79 Å². The highest BCUT2D eigenvalue weighted by Gasteiger charge is 2.39. The molecule has 26 heavy (non-hydrogen) atoms. The summed E-state index contributed by atoms with van der Waals surface area (Å²) < 4.78 is 0. The van der Waals surface area contributed by atoms with E-state index >= 15 is 0 Å². The van der Waals surface area contributed by atoms with Gasteiger partial charge in [-0.05, 0) is 26.0 Å². The van der Waals surface area contributed by atoms with Gasteiger partial charge in [0.25, 0.3) is 5.91 Å². The standard InChI is InChI=1S/C17H24N4O5/c1-10(2)19-16(25)20-11-3-4-12(13(22)9-11)14(23)21-7-5-17(26,6-8-21)15(18)24/h3-4,9-10,22,26H,5-8H2,1-2H3,(H2,18,24)(H2,19,20,25). The summed E-state index contributed by atoms with van der Waals surface area (Å²) in [5, 5.41) is 25.4. The van der Waals surface area contributed by atoms with E-state index in [1.54, 1.807) is 0 Å². The van der Waals surface area contributed by atoms with Gasteiger partial charge in [0.2, 0.25) is 5.91 Å². The largest absolute Gasteiger partial charge is 0.507 e. The third-order valence-electron chi connectivity index (χ3n) is 4.24. The average Bonchev–Trinajstić information content (AvgIpc) is 2.54. The molecule has 142 valence electrons. The van der Waals surface area contributed by atoms with Crippen LogP contribution in [0, 0.1) is 0 Å². The summed E-state index contributed by atoms with van der Waals surface area (Å²) in [6.45, 7) is 3.93. The van der Waals surface area contributed by atoms with Crippen LogP contribution in [0.2, 0.25) is 0 Å². The Balaban J connectivity index is 2.04. The number of anilines is 1. The van der Waals surface area contributed by atoms with Crippen molar-refractivity contribution in [3.63, 3.8) is 0 Å². The Morgan fingerprint density at radius 2 is 1.85 bits per heavy atom. The van der Waals surface area contributed by atoms with E-state index in [4.69, 9.17) is 5.73 Å². The molecule has 1 aromatic rings. The van der Waals surface area contributed by atoms with Gasteiger partial charge in [-0.15, -0.1) is 0 Å². The number of nitrogens with two attached hydrogens (primary N) is 1. The first kappa shape index (κ1) is 19.5. The van der Waals surface area contributed by atoms with E-state index in [2.05, 4.69) is 10.6 Å². The van der Waals surface area contributed by atoms with Crippen molar-refractivity contribution in [1.29, 1.82) is 0 Å². The number of aromatic hydroxyl groups is 1. The van der Waals surface area contributed by atoms with Gasteiger partial charge in [-0.2, -0.15) is 0 Å². The van der Waals surface area contributed by atoms with Crippen LogP contribution in [-0.4, -0.2) is 57.7 Å². The van der Waals surface area contributed by atoms with Gasteiger partial charge in [0.05, 0.1) is 5.56 Å². The van der Waals surface area contributed by atoms with Crippen LogP contribution in [0.15, 0.2) is 18.2 Å². The van der Waals surface area contributed by atoms with E-state index in [0.29, 0.717) is 5.69 Å². The fraction of sp³-hybridized carbons (Fsp3) is 0.471. The van der Waals surface area contributed by atoms with Crippen LogP contribution in [0.3, 0.4) is 0 Å². The number of carbonyl (C=O) groups is 3. The zero-order chi connectivity index (χ0) is 19.5. The molecule has 9 heteroatoms. The van der Waals surface area contributed by atoms with Crippen LogP contribution in [0.1, 0.15) is 37.0 Å². The normalized spacial score (nSPS) is 16.2. The topological polar surface area (TPSA) is 145 Å². The molecule has 1 aliphatic heterocycles. The van der Waals surface area contributed by atoms with Crippen molar-refractivity contribution in [2.45, 2.75) is 38.3 Å². The lowest BCUT2D eigenvalue weighted by Crippen LogP contribution is -2.53. The second-order valence-electron chi connectivity index (χ2n) is 6.67. The molecule has 6 N–H and O–H groups in total. The number of likely N-dealkylation sites (tertiary alicyclic amines) is 1. The Morgan fingerprint density at radius 1 is 1.23 bits per heavy atom.